The first-order chi connectivity index (χ1) is 6.34. The maximum Gasteiger partial charge on any atom is 0.0718 e. The summed E-state index contributed by atoms with van der Waals surface area (Å²) in [4.78, 5) is 0. The van der Waals surface area contributed by atoms with Crippen molar-refractivity contribution in [1.82, 2.24) is 0 Å². The molecule has 0 aromatic rings. The molecule has 2 nitrogen and oxygen atoms in total. The second-order valence-corrected chi connectivity index (χ2v) is 4.85. The lowest BCUT2D eigenvalue weighted by molar-refractivity contribution is -0.0492. The Balaban J connectivity index is 1.71. The summed E-state index contributed by atoms with van der Waals surface area (Å²) < 4.78 is 6.08. The quantitative estimate of drug-likeness (QED) is 0.615. The maximum atomic E-state index is 8.60. The average molecular weight is 177 g/mol. The molecule has 0 N–H and O–H groups in total. The molecule has 1 saturated heterocycles. The van der Waals surface area contributed by atoms with Gasteiger partial charge in [-0.05, 0) is 43.9 Å². The minimum atomic E-state index is 0.242. The number of nitrogens with zero attached hydrogens (tertiary/aromatic N) is 1. The van der Waals surface area contributed by atoms with Gasteiger partial charge in [0.1, 0.15) is 0 Å². The zero-order valence-corrected chi connectivity index (χ0v) is 7.83. The van der Waals surface area contributed by atoms with Crippen LogP contribution in [0.25, 0.3) is 0 Å². The van der Waals surface area contributed by atoms with Gasteiger partial charge in [-0.1, -0.05) is 0 Å². The second-order valence-electron chi connectivity index (χ2n) is 4.85. The smallest absolute Gasteiger partial charge is 0.0718 e. The fraction of sp³-hybridized carbons (Fsp3) is 0.909. The first kappa shape index (κ1) is 7.82. The first-order valence-corrected chi connectivity index (χ1v) is 5.39. The standard InChI is InChI=1S/C11H15NO/c12-6-3-9-2-5-11(13-9)4-1-8-7-10(8)11/h8-10H,1-5,7H2. The Hall–Kier alpha value is -0.550. The third-order valence-electron chi connectivity index (χ3n) is 4.15. The van der Waals surface area contributed by atoms with Crippen LogP contribution >= 0.6 is 0 Å². The van der Waals surface area contributed by atoms with Gasteiger partial charge in [-0.25, -0.2) is 0 Å². The van der Waals surface area contributed by atoms with Crippen LogP contribution in [-0.2, 0) is 4.74 Å². The maximum absolute atomic E-state index is 8.60. The molecule has 2 saturated carbocycles. The van der Waals surface area contributed by atoms with Crippen LogP contribution in [0.3, 0.4) is 0 Å². The van der Waals surface area contributed by atoms with Crippen molar-refractivity contribution in [2.75, 3.05) is 0 Å². The number of nitriles is 1. The summed E-state index contributed by atoms with van der Waals surface area (Å²) in [6.45, 7) is 0. The van der Waals surface area contributed by atoms with Gasteiger partial charge in [-0.2, -0.15) is 5.26 Å². The lowest BCUT2D eigenvalue weighted by Crippen LogP contribution is -2.29. The lowest BCUT2D eigenvalue weighted by Gasteiger charge is -2.25. The van der Waals surface area contributed by atoms with Crippen molar-refractivity contribution in [3.8, 4) is 6.07 Å². The van der Waals surface area contributed by atoms with Crippen molar-refractivity contribution in [2.45, 2.75) is 50.2 Å². The van der Waals surface area contributed by atoms with Gasteiger partial charge in [0.25, 0.3) is 0 Å². The largest absolute Gasteiger partial charge is 0.370 e. The van der Waals surface area contributed by atoms with E-state index in [0.717, 1.165) is 18.3 Å². The molecule has 2 aliphatic carbocycles. The summed E-state index contributed by atoms with van der Waals surface area (Å²) in [5, 5.41) is 8.60. The topological polar surface area (TPSA) is 33.0 Å². The summed E-state index contributed by atoms with van der Waals surface area (Å²) >= 11 is 0. The van der Waals surface area contributed by atoms with E-state index in [0.29, 0.717) is 6.42 Å². The normalized spacial score (nSPS) is 52.1. The number of hydrogen-bond donors (Lipinski definition) is 0. The molecular formula is C11H15NO. The molecule has 1 spiro atoms. The van der Waals surface area contributed by atoms with E-state index in [-0.39, 0.29) is 11.7 Å². The fourth-order valence-corrected chi connectivity index (χ4v) is 3.38. The Labute approximate surface area is 78.9 Å². The van der Waals surface area contributed by atoms with E-state index in [1.165, 1.54) is 25.7 Å². The molecule has 3 fully saturated rings. The summed E-state index contributed by atoms with van der Waals surface area (Å²) in [5.74, 6) is 1.86. The highest BCUT2D eigenvalue weighted by Gasteiger charge is 2.60. The zero-order valence-electron chi connectivity index (χ0n) is 7.83. The van der Waals surface area contributed by atoms with Gasteiger partial charge in [-0.15, -0.1) is 0 Å². The highest BCUT2D eigenvalue weighted by atomic mass is 16.5. The molecule has 13 heavy (non-hydrogen) atoms. The molecule has 70 valence electrons. The Morgan fingerprint density at radius 2 is 2.23 bits per heavy atom. The Bertz CT molecular complexity index is 270. The number of hydrogen-bond acceptors (Lipinski definition) is 2. The molecule has 3 aliphatic rings. The molecular weight excluding hydrogens is 162 g/mol. The molecule has 4 unspecified atom stereocenters. The highest BCUT2D eigenvalue weighted by molar-refractivity contribution is 5.11. The van der Waals surface area contributed by atoms with Crippen LogP contribution in [0.15, 0.2) is 0 Å². The highest BCUT2D eigenvalue weighted by Crippen LogP contribution is 2.62. The second kappa shape index (κ2) is 2.48. The van der Waals surface area contributed by atoms with E-state index in [2.05, 4.69) is 6.07 Å². The molecule has 0 aromatic carbocycles. The third-order valence-corrected chi connectivity index (χ3v) is 4.15. The van der Waals surface area contributed by atoms with Crippen LogP contribution in [-0.4, -0.2) is 11.7 Å². The molecule has 2 heteroatoms. The molecule has 0 amide bonds. The molecule has 0 aromatic heterocycles. The van der Waals surface area contributed by atoms with E-state index in [9.17, 15) is 0 Å². The molecule has 0 bridgehead atoms. The van der Waals surface area contributed by atoms with Crippen molar-refractivity contribution in [3.63, 3.8) is 0 Å². The molecule has 4 atom stereocenters. The van der Waals surface area contributed by atoms with Crippen LogP contribution in [0.2, 0.25) is 0 Å². The van der Waals surface area contributed by atoms with Crippen LogP contribution < -0.4 is 0 Å². The zero-order chi connectivity index (χ0) is 8.89. The van der Waals surface area contributed by atoms with Gasteiger partial charge in [0.15, 0.2) is 0 Å². The van der Waals surface area contributed by atoms with Gasteiger partial charge in [0.2, 0.25) is 0 Å². The average Bonchev–Trinajstić information content (AvgIpc) is 2.72. The number of fused-ring (bicyclic) bond motifs is 2. The van der Waals surface area contributed by atoms with E-state index in [1.807, 2.05) is 0 Å². The van der Waals surface area contributed by atoms with Crippen molar-refractivity contribution < 1.29 is 4.74 Å². The first-order valence-electron chi connectivity index (χ1n) is 5.39. The van der Waals surface area contributed by atoms with Crippen molar-refractivity contribution in [1.29, 1.82) is 5.26 Å². The van der Waals surface area contributed by atoms with E-state index >= 15 is 0 Å². The van der Waals surface area contributed by atoms with Gasteiger partial charge in [0, 0.05) is 0 Å². The number of rotatable bonds is 1. The molecule has 1 aliphatic heterocycles. The van der Waals surface area contributed by atoms with Gasteiger partial charge >= 0.3 is 0 Å². The molecule has 3 rings (SSSR count). The predicted molar refractivity (Wildman–Crippen MR) is 47.9 cm³/mol. The van der Waals surface area contributed by atoms with Crippen LogP contribution in [0.1, 0.15) is 38.5 Å². The Morgan fingerprint density at radius 1 is 1.38 bits per heavy atom. The number of ether oxygens (including phenoxy) is 1. The Kier molecular flexibility index (Phi) is 1.49. The summed E-state index contributed by atoms with van der Waals surface area (Å²) in [7, 11) is 0. The van der Waals surface area contributed by atoms with Gasteiger partial charge < -0.3 is 4.74 Å². The van der Waals surface area contributed by atoms with E-state index in [1.54, 1.807) is 0 Å². The van der Waals surface area contributed by atoms with Crippen molar-refractivity contribution >= 4 is 0 Å². The van der Waals surface area contributed by atoms with E-state index < -0.39 is 0 Å². The molecule has 0 radical (unpaired) electrons. The third kappa shape index (κ3) is 1.03. The summed E-state index contributed by atoms with van der Waals surface area (Å²) in [6, 6.07) is 2.22. The van der Waals surface area contributed by atoms with Crippen molar-refractivity contribution in [3.05, 3.63) is 0 Å². The van der Waals surface area contributed by atoms with Crippen LogP contribution in [0.4, 0.5) is 0 Å². The Morgan fingerprint density at radius 3 is 2.85 bits per heavy atom. The SMILES string of the molecule is N#CCC1CCC2(CCC3CC32)O1. The van der Waals surface area contributed by atoms with Crippen LogP contribution in [0, 0.1) is 23.2 Å². The fourth-order valence-electron chi connectivity index (χ4n) is 3.38. The van der Waals surface area contributed by atoms with E-state index in [4.69, 9.17) is 10.00 Å². The minimum Gasteiger partial charge on any atom is -0.370 e. The van der Waals surface area contributed by atoms with Crippen molar-refractivity contribution in [2.24, 2.45) is 11.8 Å². The van der Waals surface area contributed by atoms with Gasteiger partial charge in [-0.3, -0.25) is 0 Å². The lowest BCUT2D eigenvalue weighted by atomic mass is 9.94. The summed E-state index contributed by atoms with van der Waals surface area (Å²) in [6.07, 6.45) is 7.24. The summed E-state index contributed by atoms with van der Waals surface area (Å²) in [5.41, 5.74) is 0.242. The monoisotopic (exact) mass is 177 g/mol. The van der Waals surface area contributed by atoms with Gasteiger partial charge in [0.05, 0.1) is 24.2 Å². The molecule has 1 heterocycles. The van der Waals surface area contributed by atoms with Crippen LogP contribution in [0.5, 0.6) is 0 Å². The predicted octanol–water partition coefficient (Wildman–Crippen LogP) is 2.25. The minimum absolute atomic E-state index is 0.242.